The van der Waals surface area contributed by atoms with Crippen molar-refractivity contribution in [1.29, 1.82) is 0 Å². The van der Waals surface area contributed by atoms with Crippen LogP contribution in [-0.4, -0.2) is 12.2 Å². The molecule has 0 saturated heterocycles. The van der Waals surface area contributed by atoms with E-state index in [-0.39, 0.29) is 0 Å². The summed E-state index contributed by atoms with van der Waals surface area (Å²) in [6.07, 6.45) is 4.22. The molecule has 0 aromatic heterocycles. The Kier molecular flexibility index (Phi) is 5.21. The lowest BCUT2D eigenvalue weighted by atomic mass is 9.86. The Hall–Kier alpha value is -1.02. The van der Waals surface area contributed by atoms with Gasteiger partial charge in [-0.05, 0) is 56.0 Å². The maximum Gasteiger partial charge on any atom is 0.122 e. The molecule has 0 aliphatic rings. The minimum absolute atomic E-state index is 0.740. The van der Waals surface area contributed by atoms with E-state index in [2.05, 4.69) is 13.0 Å². The predicted octanol–water partition coefficient (Wildman–Crippen LogP) is 4.10. The summed E-state index contributed by atoms with van der Waals surface area (Å²) in [5.41, 5.74) is 2.46. The SMILES string of the molecule is CCCCCC(C)(O)c1cc(C)c(OC)cc1C. The highest BCUT2D eigenvalue weighted by molar-refractivity contribution is 5.43. The van der Waals surface area contributed by atoms with Gasteiger partial charge in [0.15, 0.2) is 0 Å². The zero-order valence-electron chi connectivity index (χ0n) is 12.3. The average Bonchev–Trinajstić information content (AvgIpc) is 2.31. The van der Waals surface area contributed by atoms with E-state index >= 15 is 0 Å². The van der Waals surface area contributed by atoms with Crippen LogP contribution in [0.2, 0.25) is 0 Å². The summed E-state index contributed by atoms with van der Waals surface area (Å²) in [5, 5.41) is 10.6. The predicted molar refractivity (Wildman–Crippen MR) is 76.2 cm³/mol. The Morgan fingerprint density at radius 2 is 1.83 bits per heavy atom. The lowest BCUT2D eigenvalue weighted by molar-refractivity contribution is 0.0442. The minimum atomic E-state index is -0.740. The Bertz CT molecular complexity index is 394. The number of benzene rings is 1. The summed E-state index contributed by atoms with van der Waals surface area (Å²) in [5.74, 6) is 0.889. The number of aryl methyl sites for hydroxylation is 2. The summed E-state index contributed by atoms with van der Waals surface area (Å²) in [4.78, 5) is 0. The van der Waals surface area contributed by atoms with E-state index in [1.54, 1.807) is 7.11 Å². The first-order valence-electron chi connectivity index (χ1n) is 6.80. The maximum atomic E-state index is 10.6. The number of methoxy groups -OCH3 is 1. The van der Waals surface area contributed by atoms with Gasteiger partial charge in [0.25, 0.3) is 0 Å². The van der Waals surface area contributed by atoms with Gasteiger partial charge in [-0.2, -0.15) is 0 Å². The van der Waals surface area contributed by atoms with Crippen molar-refractivity contribution in [2.24, 2.45) is 0 Å². The van der Waals surface area contributed by atoms with Gasteiger partial charge in [-0.25, -0.2) is 0 Å². The number of rotatable bonds is 6. The normalized spacial score (nSPS) is 14.3. The second-order valence-corrected chi connectivity index (χ2v) is 5.37. The second kappa shape index (κ2) is 6.24. The molecule has 1 aromatic rings. The fraction of sp³-hybridized carbons (Fsp3) is 0.625. The van der Waals surface area contributed by atoms with Crippen LogP contribution in [-0.2, 0) is 5.60 Å². The Balaban J connectivity index is 2.97. The first-order valence-corrected chi connectivity index (χ1v) is 6.80. The van der Waals surface area contributed by atoms with Gasteiger partial charge in [0.05, 0.1) is 12.7 Å². The van der Waals surface area contributed by atoms with Crippen LogP contribution < -0.4 is 4.74 Å². The standard InChI is InChI=1S/C16H26O2/c1-6-7-8-9-16(4,17)14-10-13(3)15(18-5)11-12(14)2/h10-11,17H,6-9H2,1-5H3. The van der Waals surface area contributed by atoms with E-state index in [1.807, 2.05) is 26.8 Å². The molecule has 18 heavy (non-hydrogen) atoms. The molecule has 102 valence electrons. The van der Waals surface area contributed by atoms with Gasteiger partial charge in [-0.3, -0.25) is 0 Å². The van der Waals surface area contributed by atoms with Gasteiger partial charge in [0.2, 0.25) is 0 Å². The van der Waals surface area contributed by atoms with E-state index in [0.717, 1.165) is 35.3 Å². The van der Waals surface area contributed by atoms with Crippen molar-refractivity contribution in [3.63, 3.8) is 0 Å². The van der Waals surface area contributed by atoms with Crippen molar-refractivity contribution >= 4 is 0 Å². The van der Waals surface area contributed by atoms with Crippen molar-refractivity contribution in [3.05, 3.63) is 28.8 Å². The van der Waals surface area contributed by atoms with E-state index in [0.29, 0.717) is 0 Å². The molecule has 0 heterocycles. The van der Waals surface area contributed by atoms with Crippen molar-refractivity contribution in [2.45, 2.75) is 59.0 Å². The fourth-order valence-electron chi connectivity index (χ4n) is 2.44. The third-order valence-electron chi connectivity index (χ3n) is 3.59. The van der Waals surface area contributed by atoms with Crippen LogP contribution in [0.1, 0.15) is 56.2 Å². The van der Waals surface area contributed by atoms with Crippen molar-refractivity contribution in [2.75, 3.05) is 7.11 Å². The number of ether oxygens (including phenoxy) is 1. The van der Waals surface area contributed by atoms with Crippen molar-refractivity contribution in [3.8, 4) is 5.75 Å². The monoisotopic (exact) mass is 250 g/mol. The van der Waals surface area contributed by atoms with Crippen LogP contribution in [0.5, 0.6) is 5.75 Å². The van der Waals surface area contributed by atoms with Crippen LogP contribution in [0, 0.1) is 13.8 Å². The molecule has 1 rings (SSSR count). The first-order chi connectivity index (χ1) is 8.42. The van der Waals surface area contributed by atoms with Crippen molar-refractivity contribution in [1.82, 2.24) is 0 Å². The second-order valence-electron chi connectivity index (χ2n) is 5.37. The Morgan fingerprint density at radius 3 is 2.39 bits per heavy atom. The summed E-state index contributed by atoms with van der Waals surface area (Å²) < 4.78 is 5.31. The molecule has 1 unspecified atom stereocenters. The molecule has 2 heteroatoms. The summed E-state index contributed by atoms with van der Waals surface area (Å²) in [6.45, 7) is 8.14. The Morgan fingerprint density at radius 1 is 1.17 bits per heavy atom. The molecular formula is C16H26O2. The van der Waals surface area contributed by atoms with E-state index in [4.69, 9.17) is 4.74 Å². The fourth-order valence-corrected chi connectivity index (χ4v) is 2.44. The lowest BCUT2D eigenvalue weighted by Crippen LogP contribution is -2.22. The molecule has 0 amide bonds. The smallest absolute Gasteiger partial charge is 0.122 e. The molecular weight excluding hydrogens is 224 g/mol. The molecule has 1 aromatic carbocycles. The van der Waals surface area contributed by atoms with Gasteiger partial charge < -0.3 is 9.84 Å². The van der Waals surface area contributed by atoms with Gasteiger partial charge in [-0.15, -0.1) is 0 Å². The molecule has 1 N–H and O–H groups in total. The largest absolute Gasteiger partial charge is 0.496 e. The minimum Gasteiger partial charge on any atom is -0.496 e. The molecule has 0 fully saturated rings. The highest BCUT2D eigenvalue weighted by atomic mass is 16.5. The summed E-state index contributed by atoms with van der Waals surface area (Å²) in [7, 11) is 1.68. The number of aliphatic hydroxyl groups is 1. The zero-order valence-corrected chi connectivity index (χ0v) is 12.3. The molecule has 0 radical (unpaired) electrons. The van der Waals surface area contributed by atoms with Gasteiger partial charge >= 0.3 is 0 Å². The molecule has 1 atom stereocenters. The highest BCUT2D eigenvalue weighted by Gasteiger charge is 2.25. The van der Waals surface area contributed by atoms with Crippen LogP contribution >= 0.6 is 0 Å². The quantitative estimate of drug-likeness (QED) is 0.770. The Labute approximate surface area is 111 Å². The molecule has 0 spiro atoms. The van der Waals surface area contributed by atoms with Crippen LogP contribution in [0.25, 0.3) is 0 Å². The number of hydrogen-bond donors (Lipinski definition) is 1. The van der Waals surface area contributed by atoms with Crippen molar-refractivity contribution < 1.29 is 9.84 Å². The highest BCUT2D eigenvalue weighted by Crippen LogP contribution is 2.33. The van der Waals surface area contributed by atoms with Gasteiger partial charge in [0, 0.05) is 0 Å². The maximum absolute atomic E-state index is 10.6. The van der Waals surface area contributed by atoms with E-state index in [9.17, 15) is 5.11 Å². The van der Waals surface area contributed by atoms with E-state index in [1.165, 1.54) is 12.8 Å². The number of hydrogen-bond acceptors (Lipinski definition) is 2. The third-order valence-corrected chi connectivity index (χ3v) is 3.59. The molecule has 0 aliphatic carbocycles. The molecule has 0 saturated carbocycles. The van der Waals surface area contributed by atoms with Gasteiger partial charge in [0.1, 0.15) is 5.75 Å². The molecule has 2 nitrogen and oxygen atoms in total. The average molecular weight is 250 g/mol. The summed E-state index contributed by atoms with van der Waals surface area (Å²) >= 11 is 0. The zero-order chi connectivity index (χ0) is 13.8. The summed E-state index contributed by atoms with van der Waals surface area (Å²) in [6, 6.07) is 4.07. The van der Waals surface area contributed by atoms with Crippen LogP contribution in [0.4, 0.5) is 0 Å². The molecule has 0 aliphatic heterocycles. The third kappa shape index (κ3) is 3.49. The molecule has 0 bridgehead atoms. The number of unbranched alkanes of at least 4 members (excludes halogenated alkanes) is 2. The van der Waals surface area contributed by atoms with Crippen LogP contribution in [0.15, 0.2) is 12.1 Å². The van der Waals surface area contributed by atoms with E-state index < -0.39 is 5.60 Å². The van der Waals surface area contributed by atoms with Crippen LogP contribution in [0.3, 0.4) is 0 Å². The van der Waals surface area contributed by atoms with Gasteiger partial charge in [-0.1, -0.05) is 26.2 Å². The topological polar surface area (TPSA) is 29.5 Å². The lowest BCUT2D eigenvalue weighted by Gasteiger charge is -2.27. The first kappa shape index (κ1) is 15.0.